The Morgan fingerprint density at radius 2 is 2.10 bits per heavy atom. The molecule has 0 bridgehead atoms. The molecule has 0 fully saturated rings. The highest BCUT2D eigenvalue weighted by molar-refractivity contribution is 9.10. The molecule has 0 saturated carbocycles. The molecular formula is C21H17BrF2N4O3. The Bertz CT molecular complexity index is 1170. The number of ether oxygens (including phenoxy) is 1. The van der Waals surface area contributed by atoms with Crippen molar-refractivity contribution in [2.45, 2.75) is 12.5 Å². The van der Waals surface area contributed by atoms with E-state index in [1.165, 1.54) is 29.4 Å². The van der Waals surface area contributed by atoms with Gasteiger partial charge < -0.3 is 15.0 Å². The van der Waals surface area contributed by atoms with Crippen molar-refractivity contribution in [1.82, 2.24) is 15.1 Å². The fraction of sp³-hybridized carbons (Fsp3) is 0.190. The van der Waals surface area contributed by atoms with Gasteiger partial charge in [0.25, 0.3) is 5.91 Å². The number of carbonyl (C=O) groups is 2. The molecule has 2 heterocycles. The smallest absolute Gasteiger partial charge is 0.342 e. The molecule has 0 radical (unpaired) electrons. The first-order valence-corrected chi connectivity index (χ1v) is 10.1. The molecule has 0 spiro atoms. The minimum absolute atomic E-state index is 0.0432. The van der Waals surface area contributed by atoms with Crippen molar-refractivity contribution in [2.75, 3.05) is 18.6 Å². The Balaban J connectivity index is 1.46. The Morgan fingerprint density at radius 1 is 1.29 bits per heavy atom. The van der Waals surface area contributed by atoms with Gasteiger partial charge in [0.05, 0.1) is 11.9 Å². The summed E-state index contributed by atoms with van der Waals surface area (Å²) in [7, 11) is 1.60. The number of hydrogen-bond donors (Lipinski definition) is 1. The van der Waals surface area contributed by atoms with Crippen molar-refractivity contribution >= 4 is 33.6 Å². The van der Waals surface area contributed by atoms with Gasteiger partial charge in [-0.1, -0.05) is 22.0 Å². The van der Waals surface area contributed by atoms with Gasteiger partial charge in [-0.05, 0) is 35.4 Å². The van der Waals surface area contributed by atoms with Gasteiger partial charge in [0.15, 0.2) is 0 Å². The number of anilines is 1. The minimum atomic E-state index is -0.925. The lowest BCUT2D eigenvalue weighted by molar-refractivity contribution is -0.120. The topological polar surface area (TPSA) is 76.5 Å². The molecule has 3 aromatic rings. The van der Waals surface area contributed by atoms with Crippen LogP contribution in [0.3, 0.4) is 0 Å². The molecule has 160 valence electrons. The minimum Gasteiger partial charge on any atom is -0.489 e. The highest BCUT2D eigenvalue weighted by atomic mass is 79.9. The molecule has 31 heavy (non-hydrogen) atoms. The summed E-state index contributed by atoms with van der Waals surface area (Å²) in [6.07, 6.45) is 2.97. The van der Waals surface area contributed by atoms with Crippen LogP contribution in [0.15, 0.2) is 53.3 Å². The van der Waals surface area contributed by atoms with Crippen molar-refractivity contribution < 1.29 is 23.1 Å². The molecule has 2 amide bonds. The van der Waals surface area contributed by atoms with Gasteiger partial charge in [0.2, 0.25) is 0 Å². The van der Waals surface area contributed by atoms with E-state index in [9.17, 15) is 18.4 Å². The quantitative estimate of drug-likeness (QED) is 0.609. The van der Waals surface area contributed by atoms with E-state index in [4.69, 9.17) is 4.74 Å². The largest absolute Gasteiger partial charge is 0.489 e. The summed E-state index contributed by atoms with van der Waals surface area (Å²) in [6.45, 7) is -0.0432. The van der Waals surface area contributed by atoms with E-state index in [1.54, 1.807) is 25.2 Å². The maximum absolute atomic E-state index is 13.9. The third-order valence-electron chi connectivity index (χ3n) is 4.87. The van der Waals surface area contributed by atoms with Gasteiger partial charge in [-0.15, -0.1) is 0 Å². The number of fused-ring (bicyclic) bond motifs is 1. The number of rotatable bonds is 3. The van der Waals surface area contributed by atoms with Crippen molar-refractivity contribution in [2.24, 2.45) is 0 Å². The molecule has 1 N–H and O–H groups in total. The Morgan fingerprint density at radius 3 is 2.87 bits per heavy atom. The fourth-order valence-corrected chi connectivity index (χ4v) is 3.59. The van der Waals surface area contributed by atoms with Gasteiger partial charge in [-0.2, -0.15) is 9.78 Å². The van der Waals surface area contributed by atoms with Crippen LogP contribution in [0.2, 0.25) is 0 Å². The summed E-state index contributed by atoms with van der Waals surface area (Å²) in [4.78, 5) is 26.8. The van der Waals surface area contributed by atoms with E-state index in [-0.39, 0.29) is 24.5 Å². The molecule has 2 aromatic carbocycles. The van der Waals surface area contributed by atoms with Crippen LogP contribution in [0, 0.1) is 11.6 Å². The number of halogens is 3. The number of carbonyl (C=O) groups excluding carboxylic acids is 2. The Kier molecular flexibility index (Phi) is 5.73. The van der Waals surface area contributed by atoms with Crippen molar-refractivity contribution in [3.05, 3.63) is 76.0 Å². The van der Waals surface area contributed by atoms with E-state index in [0.29, 0.717) is 17.0 Å². The summed E-state index contributed by atoms with van der Waals surface area (Å²) in [6, 6.07) is 7.05. The normalized spacial score (nSPS) is 15.8. The molecule has 0 aliphatic carbocycles. The number of aromatic nitrogens is 2. The molecule has 7 nitrogen and oxygen atoms in total. The van der Waals surface area contributed by atoms with Crippen LogP contribution in [-0.4, -0.2) is 41.4 Å². The summed E-state index contributed by atoms with van der Waals surface area (Å²) in [5, 5.41) is 6.59. The predicted octanol–water partition coefficient (Wildman–Crippen LogP) is 3.50. The number of amides is 2. The second-order valence-corrected chi connectivity index (χ2v) is 7.94. The molecule has 10 heteroatoms. The molecule has 1 unspecified atom stereocenters. The third kappa shape index (κ3) is 4.43. The summed E-state index contributed by atoms with van der Waals surface area (Å²) in [5.41, 5.74) is 1.41. The molecular weight excluding hydrogens is 474 g/mol. The standard InChI is InChI=1S/C21H17BrF2N4O3/c1-27-18-7-14(22)3-5-19(18)31-11-17(20(27)29)26-21(30)28-10-12(9-25-28)6-13-2-4-15(23)8-16(13)24/h2-5,7-10,17H,6,11H2,1H3,(H,26,30). The van der Waals surface area contributed by atoms with Crippen molar-refractivity contribution in [3.63, 3.8) is 0 Å². The van der Waals surface area contributed by atoms with E-state index in [2.05, 4.69) is 26.3 Å². The highest BCUT2D eigenvalue weighted by Gasteiger charge is 2.31. The number of hydrogen-bond acceptors (Lipinski definition) is 4. The number of benzene rings is 2. The first kappa shape index (κ1) is 21.0. The first-order valence-electron chi connectivity index (χ1n) is 9.30. The van der Waals surface area contributed by atoms with E-state index >= 15 is 0 Å². The summed E-state index contributed by atoms with van der Waals surface area (Å²) < 4.78 is 34.4. The summed E-state index contributed by atoms with van der Waals surface area (Å²) >= 11 is 3.37. The average molecular weight is 491 g/mol. The van der Waals surface area contributed by atoms with Crippen LogP contribution in [0.1, 0.15) is 11.1 Å². The molecule has 1 aromatic heterocycles. The molecule has 4 rings (SSSR count). The van der Waals surface area contributed by atoms with Crippen molar-refractivity contribution in [1.29, 1.82) is 0 Å². The second-order valence-electron chi connectivity index (χ2n) is 7.03. The number of likely N-dealkylation sites (N-methyl/N-ethyl adjacent to an activating group) is 1. The number of nitrogens with one attached hydrogen (secondary N) is 1. The maximum atomic E-state index is 13.9. The van der Waals surface area contributed by atoms with E-state index < -0.39 is 23.7 Å². The monoisotopic (exact) mass is 490 g/mol. The van der Waals surface area contributed by atoms with Crippen LogP contribution in [0.5, 0.6) is 5.75 Å². The van der Waals surface area contributed by atoms with Crippen LogP contribution in [0.4, 0.5) is 19.3 Å². The lowest BCUT2D eigenvalue weighted by Crippen LogP contribution is -2.50. The van der Waals surface area contributed by atoms with Gasteiger partial charge in [0.1, 0.15) is 30.0 Å². The molecule has 1 aliphatic heterocycles. The third-order valence-corrected chi connectivity index (χ3v) is 5.36. The average Bonchev–Trinajstić information content (AvgIpc) is 3.17. The first-order chi connectivity index (χ1) is 14.8. The van der Waals surface area contributed by atoms with E-state index in [0.717, 1.165) is 15.2 Å². The van der Waals surface area contributed by atoms with Gasteiger partial charge in [0, 0.05) is 30.2 Å². The highest BCUT2D eigenvalue weighted by Crippen LogP contribution is 2.33. The van der Waals surface area contributed by atoms with Crippen LogP contribution in [0.25, 0.3) is 0 Å². The van der Waals surface area contributed by atoms with Gasteiger partial charge in [-0.3, -0.25) is 4.79 Å². The fourth-order valence-electron chi connectivity index (χ4n) is 3.24. The summed E-state index contributed by atoms with van der Waals surface area (Å²) in [5.74, 6) is -1.15. The van der Waals surface area contributed by atoms with Gasteiger partial charge in [-0.25, -0.2) is 13.6 Å². The molecule has 0 saturated heterocycles. The van der Waals surface area contributed by atoms with Crippen molar-refractivity contribution in [3.8, 4) is 5.75 Å². The zero-order valence-electron chi connectivity index (χ0n) is 16.3. The van der Waals surface area contributed by atoms with Gasteiger partial charge >= 0.3 is 6.03 Å². The number of nitrogens with zero attached hydrogens (tertiary/aromatic N) is 3. The Labute approximate surface area is 184 Å². The zero-order chi connectivity index (χ0) is 22.1. The molecule has 1 aliphatic rings. The van der Waals surface area contributed by atoms with Crippen LogP contribution in [-0.2, 0) is 11.2 Å². The van der Waals surface area contributed by atoms with E-state index in [1.807, 2.05) is 0 Å². The Hall–Kier alpha value is -3.27. The van der Waals surface area contributed by atoms with Crippen LogP contribution < -0.4 is 15.0 Å². The molecule has 1 atom stereocenters. The predicted molar refractivity (Wildman–Crippen MR) is 112 cm³/mol. The zero-order valence-corrected chi connectivity index (χ0v) is 17.9. The lowest BCUT2D eigenvalue weighted by atomic mass is 10.1. The second kappa shape index (κ2) is 8.46. The maximum Gasteiger partial charge on any atom is 0.342 e. The van der Waals surface area contributed by atoms with Crippen LogP contribution >= 0.6 is 15.9 Å². The SMILES string of the molecule is CN1C(=O)C(NC(=O)n2cc(Cc3ccc(F)cc3F)cn2)COc2ccc(Br)cc21. The lowest BCUT2D eigenvalue weighted by Gasteiger charge is -2.20.